The Balaban J connectivity index is 2.61. The standard InChI is InChI=1S/C15H30OSi/c1-15(2,3)17(4,5)16-14-12-10-8-6-7-9-11-13-14/h10,12,14H,6-9,11,13H2,1-5H3. The normalized spacial score (nSPS) is 23.9. The van der Waals surface area contributed by atoms with Crippen LogP contribution < -0.4 is 0 Å². The van der Waals surface area contributed by atoms with Crippen molar-refractivity contribution in [2.75, 3.05) is 0 Å². The summed E-state index contributed by atoms with van der Waals surface area (Å²) in [6.45, 7) is 11.7. The maximum absolute atomic E-state index is 6.49. The van der Waals surface area contributed by atoms with Gasteiger partial charge in [0.15, 0.2) is 8.32 Å². The predicted molar refractivity (Wildman–Crippen MR) is 78.9 cm³/mol. The molecule has 100 valence electrons. The summed E-state index contributed by atoms with van der Waals surface area (Å²) in [6.07, 6.45) is 12.9. The van der Waals surface area contributed by atoms with Gasteiger partial charge in [0.25, 0.3) is 0 Å². The lowest BCUT2D eigenvalue weighted by atomic mass is 10.1. The number of rotatable bonds is 2. The van der Waals surface area contributed by atoms with Crippen molar-refractivity contribution in [2.45, 2.75) is 83.5 Å². The third-order valence-electron chi connectivity index (χ3n) is 4.21. The lowest BCUT2D eigenvalue weighted by molar-refractivity contribution is 0.211. The SMILES string of the molecule is CC(C)(C)[Si](C)(C)OC1C=CCCCCCC1. The second-order valence-electron chi connectivity index (χ2n) is 6.84. The predicted octanol–water partition coefficient (Wildman–Crippen LogP) is 5.29. The largest absolute Gasteiger partial charge is 0.411 e. The van der Waals surface area contributed by atoms with Crippen LogP contribution in [0.15, 0.2) is 12.2 Å². The number of hydrogen-bond acceptors (Lipinski definition) is 1. The van der Waals surface area contributed by atoms with Gasteiger partial charge in [-0.1, -0.05) is 52.2 Å². The molecular formula is C15H30OSi. The van der Waals surface area contributed by atoms with Crippen molar-refractivity contribution >= 4 is 8.32 Å². The summed E-state index contributed by atoms with van der Waals surface area (Å²) in [7, 11) is -1.60. The molecule has 0 fully saturated rings. The topological polar surface area (TPSA) is 9.23 Å². The molecule has 17 heavy (non-hydrogen) atoms. The van der Waals surface area contributed by atoms with Gasteiger partial charge < -0.3 is 4.43 Å². The molecule has 0 aromatic carbocycles. The molecule has 0 heterocycles. The molecule has 1 rings (SSSR count). The van der Waals surface area contributed by atoms with Crippen molar-refractivity contribution in [2.24, 2.45) is 0 Å². The van der Waals surface area contributed by atoms with Gasteiger partial charge in [-0.05, 0) is 37.4 Å². The second kappa shape index (κ2) is 6.19. The highest BCUT2D eigenvalue weighted by molar-refractivity contribution is 6.74. The van der Waals surface area contributed by atoms with Gasteiger partial charge >= 0.3 is 0 Å². The molecule has 0 aromatic rings. The molecule has 1 atom stereocenters. The molecule has 0 radical (unpaired) electrons. The van der Waals surface area contributed by atoms with Gasteiger partial charge in [0, 0.05) is 0 Å². The van der Waals surface area contributed by atoms with Crippen LogP contribution in [0.1, 0.15) is 59.3 Å². The Bertz CT molecular complexity index is 250. The molecule has 0 saturated carbocycles. The van der Waals surface area contributed by atoms with Crippen molar-refractivity contribution in [1.82, 2.24) is 0 Å². The minimum absolute atomic E-state index is 0.319. The van der Waals surface area contributed by atoms with Crippen LogP contribution in [0.3, 0.4) is 0 Å². The minimum atomic E-state index is -1.60. The van der Waals surface area contributed by atoms with Crippen LogP contribution in [0.25, 0.3) is 0 Å². The molecule has 1 aliphatic rings. The van der Waals surface area contributed by atoms with E-state index in [1.165, 1.54) is 38.5 Å². The molecule has 0 bridgehead atoms. The molecule has 1 aliphatic carbocycles. The first kappa shape index (κ1) is 15.0. The van der Waals surface area contributed by atoms with E-state index in [0.717, 1.165) is 0 Å². The van der Waals surface area contributed by atoms with E-state index < -0.39 is 8.32 Å². The van der Waals surface area contributed by atoms with Gasteiger partial charge in [-0.25, -0.2) is 0 Å². The summed E-state index contributed by atoms with van der Waals surface area (Å²) >= 11 is 0. The third kappa shape index (κ3) is 4.97. The van der Waals surface area contributed by atoms with Crippen molar-refractivity contribution in [3.63, 3.8) is 0 Å². The van der Waals surface area contributed by atoms with Crippen molar-refractivity contribution in [1.29, 1.82) is 0 Å². The van der Waals surface area contributed by atoms with E-state index in [9.17, 15) is 0 Å². The molecular weight excluding hydrogens is 224 g/mol. The summed E-state index contributed by atoms with van der Waals surface area (Å²) in [4.78, 5) is 0. The molecule has 0 N–H and O–H groups in total. The molecule has 0 spiro atoms. The average Bonchev–Trinajstić information content (AvgIpc) is 2.29. The monoisotopic (exact) mass is 254 g/mol. The molecule has 1 unspecified atom stereocenters. The minimum Gasteiger partial charge on any atom is -0.411 e. The van der Waals surface area contributed by atoms with Crippen molar-refractivity contribution in [3.8, 4) is 0 Å². The van der Waals surface area contributed by atoms with Crippen molar-refractivity contribution in [3.05, 3.63) is 12.2 Å². The van der Waals surface area contributed by atoms with Crippen LogP contribution in [0.4, 0.5) is 0 Å². The fourth-order valence-corrected chi connectivity index (χ4v) is 3.27. The highest BCUT2D eigenvalue weighted by atomic mass is 28.4. The first-order valence-electron chi connectivity index (χ1n) is 7.17. The summed E-state index contributed by atoms with van der Waals surface area (Å²) < 4.78 is 6.49. The van der Waals surface area contributed by atoms with Crippen LogP contribution in [-0.2, 0) is 4.43 Å². The van der Waals surface area contributed by atoms with Gasteiger partial charge in [0.1, 0.15) is 0 Å². The Morgan fingerprint density at radius 2 is 1.71 bits per heavy atom. The molecule has 0 saturated heterocycles. The third-order valence-corrected chi connectivity index (χ3v) is 8.72. The van der Waals surface area contributed by atoms with Gasteiger partial charge in [-0.2, -0.15) is 0 Å². The van der Waals surface area contributed by atoms with E-state index in [2.05, 4.69) is 46.0 Å². The lowest BCUT2D eigenvalue weighted by Gasteiger charge is -2.38. The smallest absolute Gasteiger partial charge is 0.192 e. The molecule has 0 aromatic heterocycles. The highest BCUT2D eigenvalue weighted by Crippen LogP contribution is 2.38. The zero-order valence-corrected chi connectivity index (χ0v) is 13.4. The maximum Gasteiger partial charge on any atom is 0.192 e. The fourth-order valence-electron chi connectivity index (χ4n) is 1.96. The van der Waals surface area contributed by atoms with Crippen molar-refractivity contribution < 1.29 is 4.43 Å². The quantitative estimate of drug-likeness (QED) is 0.481. The van der Waals surface area contributed by atoms with Gasteiger partial charge in [-0.3, -0.25) is 0 Å². The van der Waals surface area contributed by atoms with Crippen LogP contribution >= 0.6 is 0 Å². The van der Waals surface area contributed by atoms with E-state index in [4.69, 9.17) is 4.43 Å². The average molecular weight is 254 g/mol. The van der Waals surface area contributed by atoms with Crippen LogP contribution in [0.2, 0.25) is 18.1 Å². The van der Waals surface area contributed by atoms with Gasteiger partial charge in [0.05, 0.1) is 6.10 Å². The Morgan fingerprint density at radius 1 is 1.06 bits per heavy atom. The summed E-state index contributed by atoms with van der Waals surface area (Å²) in [5, 5.41) is 0.319. The number of hydrogen-bond donors (Lipinski definition) is 0. The Labute approximate surface area is 109 Å². The Kier molecular flexibility index (Phi) is 5.45. The maximum atomic E-state index is 6.49. The van der Waals surface area contributed by atoms with Crippen LogP contribution in [0, 0.1) is 0 Å². The fraction of sp³-hybridized carbons (Fsp3) is 0.867. The molecule has 0 amide bonds. The molecule has 0 aliphatic heterocycles. The zero-order valence-electron chi connectivity index (χ0n) is 12.4. The number of allylic oxidation sites excluding steroid dienone is 1. The second-order valence-corrected chi connectivity index (χ2v) is 11.6. The van der Waals surface area contributed by atoms with Gasteiger partial charge in [-0.15, -0.1) is 0 Å². The Morgan fingerprint density at radius 3 is 2.35 bits per heavy atom. The van der Waals surface area contributed by atoms with E-state index in [0.29, 0.717) is 11.1 Å². The zero-order chi connectivity index (χ0) is 12.9. The Hall–Kier alpha value is -0.0831. The lowest BCUT2D eigenvalue weighted by Crippen LogP contribution is -2.43. The van der Waals surface area contributed by atoms with E-state index in [1.807, 2.05) is 0 Å². The van der Waals surface area contributed by atoms with E-state index >= 15 is 0 Å². The molecule has 1 nitrogen and oxygen atoms in total. The summed E-state index contributed by atoms with van der Waals surface area (Å²) in [5.41, 5.74) is 0. The first-order chi connectivity index (χ1) is 7.83. The molecule has 2 heteroatoms. The van der Waals surface area contributed by atoms with E-state index in [-0.39, 0.29) is 0 Å². The summed E-state index contributed by atoms with van der Waals surface area (Å²) in [5.74, 6) is 0. The van der Waals surface area contributed by atoms with Crippen LogP contribution in [-0.4, -0.2) is 14.4 Å². The van der Waals surface area contributed by atoms with Crippen LogP contribution in [0.5, 0.6) is 0 Å². The highest BCUT2D eigenvalue weighted by Gasteiger charge is 2.38. The van der Waals surface area contributed by atoms with Gasteiger partial charge in [0.2, 0.25) is 0 Å². The summed E-state index contributed by atoms with van der Waals surface area (Å²) in [6, 6.07) is 0. The first-order valence-corrected chi connectivity index (χ1v) is 10.1. The van der Waals surface area contributed by atoms with E-state index in [1.54, 1.807) is 0 Å².